The van der Waals surface area contributed by atoms with Gasteiger partial charge >= 0.3 is 6.03 Å². The van der Waals surface area contributed by atoms with Gasteiger partial charge in [0.25, 0.3) is 0 Å². The van der Waals surface area contributed by atoms with Gasteiger partial charge in [0.2, 0.25) is 5.91 Å². The second-order valence-electron chi connectivity index (χ2n) is 11.3. The summed E-state index contributed by atoms with van der Waals surface area (Å²) in [5.41, 5.74) is 3.46. The van der Waals surface area contributed by atoms with Crippen molar-refractivity contribution in [3.05, 3.63) is 52.8 Å². The van der Waals surface area contributed by atoms with Gasteiger partial charge in [-0.2, -0.15) is 5.10 Å². The summed E-state index contributed by atoms with van der Waals surface area (Å²) in [7, 11) is 0. The number of carbonyl (C=O) groups excluding carboxylic acids is 3. The summed E-state index contributed by atoms with van der Waals surface area (Å²) >= 11 is 0. The Morgan fingerprint density at radius 3 is 2.47 bits per heavy atom. The van der Waals surface area contributed by atoms with Gasteiger partial charge in [-0.25, -0.2) is 4.79 Å². The molecule has 192 valence electrons. The van der Waals surface area contributed by atoms with Crippen LogP contribution in [0, 0.1) is 5.41 Å². The molecule has 2 saturated heterocycles. The lowest BCUT2D eigenvalue weighted by atomic mass is 9.75. The molecule has 1 N–H and O–H groups in total. The van der Waals surface area contributed by atoms with Gasteiger partial charge in [-0.05, 0) is 43.1 Å². The minimum Gasteiger partial charge on any atom is -0.343 e. The molecule has 1 aliphatic carbocycles. The first-order valence-corrected chi connectivity index (χ1v) is 13.2. The van der Waals surface area contributed by atoms with Crippen molar-refractivity contribution < 1.29 is 14.4 Å². The maximum absolute atomic E-state index is 13.5. The van der Waals surface area contributed by atoms with Gasteiger partial charge in [0.15, 0.2) is 5.78 Å². The van der Waals surface area contributed by atoms with Crippen LogP contribution in [-0.4, -0.2) is 56.9 Å². The number of nitrogens with zero attached hydrogens (tertiary/aromatic N) is 4. The van der Waals surface area contributed by atoms with Crippen molar-refractivity contribution in [1.82, 2.24) is 24.9 Å². The lowest BCUT2D eigenvalue weighted by Crippen LogP contribution is -2.39. The fraction of sp³-hybridized carbons (Fsp3) is 0.571. The average Bonchev–Trinajstić information content (AvgIpc) is 3.47. The third kappa shape index (κ3) is 4.77. The molecule has 2 aliphatic heterocycles. The van der Waals surface area contributed by atoms with Gasteiger partial charge in [0.05, 0.1) is 29.0 Å². The smallest absolute Gasteiger partial charge is 0.318 e. The van der Waals surface area contributed by atoms with E-state index in [0.29, 0.717) is 32.6 Å². The highest BCUT2D eigenvalue weighted by Crippen LogP contribution is 2.42. The van der Waals surface area contributed by atoms with Crippen LogP contribution in [0.25, 0.3) is 0 Å². The second-order valence-corrected chi connectivity index (χ2v) is 11.3. The molecule has 1 atom stereocenters. The predicted molar refractivity (Wildman–Crippen MR) is 137 cm³/mol. The number of Topliss-reactive ketones (excluding diaryl/α,β-unsaturated/α-hetero) is 1. The van der Waals surface area contributed by atoms with Crippen molar-refractivity contribution in [3.8, 4) is 0 Å². The molecule has 0 unspecified atom stereocenters. The van der Waals surface area contributed by atoms with Crippen LogP contribution in [0.2, 0.25) is 0 Å². The van der Waals surface area contributed by atoms with Crippen molar-refractivity contribution in [3.63, 3.8) is 0 Å². The Morgan fingerprint density at radius 1 is 1.06 bits per heavy atom. The first-order valence-electron chi connectivity index (χ1n) is 13.2. The monoisotopic (exact) mass is 491 g/mol. The van der Waals surface area contributed by atoms with Crippen LogP contribution in [0.3, 0.4) is 0 Å². The molecular formula is C28H37N5O3. The molecule has 3 amide bonds. The summed E-state index contributed by atoms with van der Waals surface area (Å²) in [6.45, 7) is 8.44. The summed E-state index contributed by atoms with van der Waals surface area (Å²) in [5, 5.41) is 8.17. The molecule has 2 fully saturated rings. The topological polar surface area (TPSA) is 87.5 Å². The van der Waals surface area contributed by atoms with Gasteiger partial charge in [0.1, 0.15) is 0 Å². The molecule has 0 radical (unpaired) electrons. The van der Waals surface area contributed by atoms with E-state index in [9.17, 15) is 14.4 Å². The Balaban J connectivity index is 1.43. The van der Waals surface area contributed by atoms with Crippen LogP contribution in [0.5, 0.6) is 0 Å². The summed E-state index contributed by atoms with van der Waals surface area (Å²) in [6, 6.07) is 9.74. The van der Waals surface area contributed by atoms with E-state index >= 15 is 0 Å². The summed E-state index contributed by atoms with van der Waals surface area (Å²) in [5.74, 6) is 0.247. The number of hydrogen-bond acceptors (Lipinski definition) is 4. The number of hydrogen-bond donors (Lipinski definition) is 1. The molecule has 1 aromatic carbocycles. The molecule has 0 saturated carbocycles. The van der Waals surface area contributed by atoms with Crippen LogP contribution in [-0.2, 0) is 17.8 Å². The van der Waals surface area contributed by atoms with Crippen molar-refractivity contribution >= 4 is 17.7 Å². The molecule has 2 aromatic rings. The lowest BCUT2D eigenvalue weighted by molar-refractivity contribution is -0.130. The summed E-state index contributed by atoms with van der Waals surface area (Å²) in [6.07, 6.45) is 4.64. The quantitative estimate of drug-likeness (QED) is 0.692. The molecular weight excluding hydrogens is 454 g/mol. The predicted octanol–water partition coefficient (Wildman–Crippen LogP) is 4.27. The molecule has 0 bridgehead atoms. The van der Waals surface area contributed by atoms with E-state index in [2.05, 4.69) is 23.8 Å². The minimum atomic E-state index is -0.196. The van der Waals surface area contributed by atoms with Gasteiger partial charge in [-0.15, -0.1) is 0 Å². The van der Waals surface area contributed by atoms with Crippen molar-refractivity contribution in [2.75, 3.05) is 19.6 Å². The molecule has 8 heteroatoms. The van der Waals surface area contributed by atoms with Crippen molar-refractivity contribution in [2.45, 2.75) is 77.9 Å². The normalized spacial score (nSPS) is 22.0. The third-order valence-corrected chi connectivity index (χ3v) is 7.97. The fourth-order valence-electron chi connectivity index (χ4n) is 6.13. The molecule has 36 heavy (non-hydrogen) atoms. The van der Waals surface area contributed by atoms with E-state index in [1.54, 1.807) is 6.92 Å². The number of amides is 3. The van der Waals surface area contributed by atoms with Crippen molar-refractivity contribution in [2.24, 2.45) is 5.41 Å². The highest BCUT2D eigenvalue weighted by molar-refractivity contribution is 6.00. The molecule has 5 rings (SSSR count). The maximum atomic E-state index is 13.5. The standard InChI is InChI=1S/C28H37N5O3/c1-19(34)31-14-11-21(12-15-31)33-23-16-28(2,3)17-24(35)25(23)26(30-33)22-10-7-13-32(22)27(36)29-18-20-8-5-4-6-9-20/h4-6,8-9,21-22H,7,10-18H2,1-3H3,(H,29,36)/t22-/m0/s1. The Hall–Kier alpha value is -3.16. The zero-order valence-corrected chi connectivity index (χ0v) is 21.6. The van der Waals surface area contributed by atoms with Crippen LogP contribution in [0.1, 0.15) is 92.3 Å². The van der Waals surface area contributed by atoms with Crippen molar-refractivity contribution in [1.29, 1.82) is 0 Å². The van der Waals surface area contributed by atoms with Crippen LogP contribution < -0.4 is 5.32 Å². The number of carbonyl (C=O) groups is 3. The van der Waals surface area contributed by atoms with E-state index in [4.69, 9.17) is 5.10 Å². The summed E-state index contributed by atoms with van der Waals surface area (Å²) in [4.78, 5) is 42.3. The minimum absolute atomic E-state index is 0.107. The molecule has 8 nitrogen and oxygen atoms in total. The molecule has 3 aliphatic rings. The Morgan fingerprint density at radius 2 is 1.78 bits per heavy atom. The fourth-order valence-corrected chi connectivity index (χ4v) is 6.13. The number of aromatic nitrogens is 2. The largest absolute Gasteiger partial charge is 0.343 e. The molecule has 1 aromatic heterocycles. The highest BCUT2D eigenvalue weighted by atomic mass is 16.2. The SMILES string of the molecule is CC(=O)N1CCC(n2nc([C@@H]3CCCN3C(=O)NCc3ccccc3)c3c2CC(C)(C)CC3=O)CC1. The van der Waals surface area contributed by atoms with E-state index < -0.39 is 0 Å². The number of urea groups is 1. The first kappa shape index (κ1) is 24.5. The lowest BCUT2D eigenvalue weighted by Gasteiger charge is -2.34. The zero-order chi connectivity index (χ0) is 25.4. The Bertz CT molecular complexity index is 1150. The summed E-state index contributed by atoms with van der Waals surface area (Å²) < 4.78 is 2.10. The number of benzene rings is 1. The first-order chi connectivity index (χ1) is 17.2. The van der Waals surface area contributed by atoms with E-state index in [-0.39, 0.29) is 35.2 Å². The van der Waals surface area contributed by atoms with Gasteiger partial charge in [-0.1, -0.05) is 44.2 Å². The van der Waals surface area contributed by atoms with E-state index in [1.807, 2.05) is 40.1 Å². The van der Waals surface area contributed by atoms with Gasteiger partial charge in [-0.3, -0.25) is 14.3 Å². The zero-order valence-electron chi connectivity index (χ0n) is 21.6. The van der Waals surface area contributed by atoms with Crippen LogP contribution in [0.15, 0.2) is 30.3 Å². The Labute approximate surface area is 213 Å². The van der Waals surface area contributed by atoms with E-state index in [1.165, 1.54) is 0 Å². The molecule has 3 heterocycles. The maximum Gasteiger partial charge on any atom is 0.318 e. The van der Waals surface area contributed by atoms with Crippen LogP contribution in [0.4, 0.5) is 4.79 Å². The van der Waals surface area contributed by atoms with E-state index in [0.717, 1.165) is 54.6 Å². The number of nitrogens with one attached hydrogen (secondary N) is 1. The third-order valence-electron chi connectivity index (χ3n) is 7.97. The number of ketones is 1. The number of rotatable bonds is 4. The number of piperidine rings is 1. The van der Waals surface area contributed by atoms with Gasteiger partial charge in [0, 0.05) is 39.5 Å². The number of likely N-dealkylation sites (tertiary alicyclic amines) is 2. The second kappa shape index (κ2) is 9.71. The molecule has 0 spiro atoms. The Kier molecular flexibility index (Phi) is 6.62. The van der Waals surface area contributed by atoms with Crippen LogP contribution >= 0.6 is 0 Å². The number of fused-ring (bicyclic) bond motifs is 1. The van der Waals surface area contributed by atoms with Gasteiger partial charge < -0.3 is 15.1 Å². The average molecular weight is 492 g/mol. The highest BCUT2D eigenvalue weighted by Gasteiger charge is 2.42.